The van der Waals surface area contributed by atoms with E-state index in [-0.39, 0.29) is 11.9 Å². The van der Waals surface area contributed by atoms with E-state index in [1.54, 1.807) is 18.2 Å². The number of amides is 1. The molecule has 2 heterocycles. The third-order valence-electron chi connectivity index (χ3n) is 6.90. The number of para-hydroxylation sites is 1. The number of terminal acetylenes is 1. The molecule has 1 amide bonds. The summed E-state index contributed by atoms with van der Waals surface area (Å²) in [7, 11) is -4.60. The van der Waals surface area contributed by atoms with Crippen molar-refractivity contribution in [1.29, 1.82) is 0 Å². The maximum Gasteiger partial charge on any atom is 0.459 e. The third kappa shape index (κ3) is 6.90. The highest BCUT2D eigenvalue weighted by Gasteiger charge is 2.67. The Morgan fingerprint density at radius 2 is 2.00 bits per heavy atom. The van der Waals surface area contributed by atoms with Crippen LogP contribution in [0.5, 0.6) is 5.75 Å². The van der Waals surface area contributed by atoms with Crippen LogP contribution in [-0.4, -0.2) is 81.0 Å². The lowest BCUT2D eigenvalue weighted by molar-refractivity contribution is -0.225. The molecule has 0 radical (unpaired) electrons. The van der Waals surface area contributed by atoms with Crippen LogP contribution in [-0.2, 0) is 28.2 Å². The quantitative estimate of drug-likeness (QED) is 0.147. The van der Waals surface area contributed by atoms with Crippen molar-refractivity contribution in [3.63, 3.8) is 0 Å². The minimum atomic E-state index is -4.60. The van der Waals surface area contributed by atoms with Gasteiger partial charge in [0.1, 0.15) is 24.5 Å². The number of esters is 1. The molecule has 1 aromatic rings. The van der Waals surface area contributed by atoms with Crippen molar-refractivity contribution in [2.24, 2.45) is 0 Å². The molecule has 7 atom stereocenters. The molecule has 0 spiro atoms. The van der Waals surface area contributed by atoms with Gasteiger partial charge in [0.25, 0.3) is 5.85 Å². The van der Waals surface area contributed by atoms with Gasteiger partial charge in [0.05, 0.1) is 0 Å². The molecule has 2 fully saturated rings. The summed E-state index contributed by atoms with van der Waals surface area (Å²) in [5, 5.41) is 36.4. The largest absolute Gasteiger partial charge is 0.461 e. The van der Waals surface area contributed by atoms with Crippen LogP contribution in [0.15, 0.2) is 42.6 Å². The maximum atomic E-state index is 16.1. The lowest BCUT2D eigenvalue weighted by Gasteiger charge is -2.38. The Kier molecular flexibility index (Phi) is 9.40. The molecule has 4 rings (SSSR count). The predicted octanol–water partition coefficient (Wildman–Crippen LogP) is 1.01. The SMILES string of the molecule is C#C[C@]1(O)[C@H](N2C=CC(=O)NC2O)O[C@](F)(COP(=O)(NC(C)C(=O)OC2CCCCC2)Oc2ccccc2)[C@H]1O. The summed E-state index contributed by atoms with van der Waals surface area (Å²) in [6.45, 7) is 0.0588. The molecule has 15 heteroatoms. The van der Waals surface area contributed by atoms with Gasteiger partial charge in [-0.05, 0) is 44.7 Å². The van der Waals surface area contributed by atoms with Gasteiger partial charge >= 0.3 is 13.7 Å². The lowest BCUT2D eigenvalue weighted by atomic mass is 9.93. The molecule has 0 aromatic heterocycles. The van der Waals surface area contributed by atoms with Gasteiger partial charge in [-0.1, -0.05) is 30.5 Å². The predicted molar refractivity (Wildman–Crippen MR) is 140 cm³/mol. The molecule has 1 saturated carbocycles. The number of halogens is 1. The van der Waals surface area contributed by atoms with Gasteiger partial charge in [0.15, 0.2) is 12.3 Å². The number of nitrogens with one attached hydrogen (secondary N) is 2. The van der Waals surface area contributed by atoms with Gasteiger partial charge in [0.2, 0.25) is 17.9 Å². The number of ether oxygens (including phenoxy) is 2. The van der Waals surface area contributed by atoms with E-state index in [9.17, 15) is 29.5 Å². The van der Waals surface area contributed by atoms with E-state index in [1.165, 1.54) is 19.1 Å². The highest BCUT2D eigenvalue weighted by molar-refractivity contribution is 7.52. The molecule has 13 nitrogen and oxygen atoms in total. The van der Waals surface area contributed by atoms with Gasteiger partial charge in [-0.3, -0.25) is 14.1 Å². The number of aliphatic hydroxyl groups excluding tert-OH is 2. The topological polar surface area (TPSA) is 176 Å². The van der Waals surface area contributed by atoms with Gasteiger partial charge in [-0.2, -0.15) is 5.09 Å². The second-order valence-corrected chi connectivity index (χ2v) is 11.7. The van der Waals surface area contributed by atoms with Gasteiger partial charge in [0, 0.05) is 12.3 Å². The summed E-state index contributed by atoms with van der Waals surface area (Å²) in [6, 6.07) is 6.50. The molecule has 3 aliphatic rings. The van der Waals surface area contributed by atoms with Gasteiger partial charge in [-0.15, -0.1) is 6.42 Å². The first kappa shape index (κ1) is 30.9. The van der Waals surface area contributed by atoms with Crippen LogP contribution < -0.4 is 14.9 Å². The fraction of sp³-hybridized carbons (Fsp3) is 0.538. The highest BCUT2D eigenvalue weighted by atomic mass is 31.2. The first-order valence-corrected chi connectivity index (χ1v) is 14.6. The number of benzene rings is 1. The van der Waals surface area contributed by atoms with Crippen LogP contribution in [0, 0.1) is 12.3 Å². The molecule has 0 bridgehead atoms. The Balaban J connectivity index is 1.52. The molecule has 1 aromatic carbocycles. The Morgan fingerprint density at radius 3 is 2.63 bits per heavy atom. The number of alkyl halides is 1. The normalized spacial score (nSPS) is 32.4. The minimum Gasteiger partial charge on any atom is -0.461 e. The number of aliphatic hydroxyl groups is 3. The zero-order chi connectivity index (χ0) is 29.8. The van der Waals surface area contributed by atoms with Crippen LogP contribution in [0.4, 0.5) is 4.39 Å². The number of nitrogens with zero attached hydrogens (tertiary/aromatic N) is 1. The smallest absolute Gasteiger partial charge is 0.459 e. The molecule has 41 heavy (non-hydrogen) atoms. The van der Waals surface area contributed by atoms with Crippen LogP contribution >= 0.6 is 7.75 Å². The molecular formula is C26H33FN3O10P. The summed E-state index contributed by atoms with van der Waals surface area (Å²) in [4.78, 5) is 25.0. The third-order valence-corrected chi connectivity index (χ3v) is 8.53. The number of hydrogen-bond acceptors (Lipinski definition) is 11. The van der Waals surface area contributed by atoms with Crippen molar-refractivity contribution in [2.45, 2.75) is 81.3 Å². The van der Waals surface area contributed by atoms with Gasteiger partial charge < -0.3 is 39.5 Å². The van der Waals surface area contributed by atoms with Crippen LogP contribution in [0.1, 0.15) is 39.0 Å². The van der Waals surface area contributed by atoms with Crippen molar-refractivity contribution < 1.29 is 52.4 Å². The molecule has 1 saturated heterocycles. The van der Waals surface area contributed by atoms with Crippen molar-refractivity contribution >= 4 is 19.6 Å². The first-order chi connectivity index (χ1) is 19.4. The lowest BCUT2D eigenvalue weighted by Crippen LogP contribution is -2.60. The molecule has 3 unspecified atom stereocenters. The van der Waals surface area contributed by atoms with Crippen molar-refractivity contribution in [1.82, 2.24) is 15.3 Å². The van der Waals surface area contributed by atoms with Crippen molar-refractivity contribution in [2.75, 3.05) is 6.61 Å². The average Bonchev–Trinajstić information content (AvgIpc) is 3.15. The zero-order valence-electron chi connectivity index (χ0n) is 22.2. The number of carbonyl (C=O) groups excluding carboxylic acids is 2. The van der Waals surface area contributed by atoms with Gasteiger partial charge in [-0.25, -0.2) is 8.96 Å². The summed E-state index contributed by atoms with van der Waals surface area (Å²) in [5.41, 5.74) is -2.76. The zero-order valence-corrected chi connectivity index (χ0v) is 23.1. The standard InChI is InChI=1S/C26H33FN3O10P/c1-3-25(35)22(33)26(27,39-23(25)30-15-14-20(31)28-24(30)34)16-37-41(36,40-19-12-8-5-9-13-19)29-17(2)21(32)38-18-10-6-4-7-11-18/h1,5,8-9,12-15,17-18,22-24,33-35H,4,6-7,10-11,16H2,2H3,(H,28,31)(H,29,36)/t17?,22-,23+,24?,25+,26+,41?/m0/s1. The number of carbonyl (C=O) groups is 2. The summed E-state index contributed by atoms with van der Waals surface area (Å²) in [6.07, 6.45) is 5.15. The summed E-state index contributed by atoms with van der Waals surface area (Å²) >= 11 is 0. The average molecular weight is 598 g/mol. The van der Waals surface area contributed by atoms with Crippen molar-refractivity contribution in [3.05, 3.63) is 42.6 Å². The fourth-order valence-corrected chi connectivity index (χ4v) is 6.17. The minimum absolute atomic E-state index is 0.0484. The Morgan fingerprint density at radius 1 is 1.32 bits per heavy atom. The molecule has 1 aliphatic carbocycles. The van der Waals surface area contributed by atoms with E-state index >= 15 is 4.39 Å². The second kappa shape index (κ2) is 12.5. The number of rotatable bonds is 10. The summed E-state index contributed by atoms with van der Waals surface area (Å²) < 4.78 is 51.5. The van der Waals surface area contributed by atoms with E-state index in [2.05, 4.69) is 10.4 Å². The maximum absolute atomic E-state index is 16.1. The Labute approximate surface area is 236 Å². The van der Waals surface area contributed by atoms with E-state index in [1.807, 2.05) is 5.92 Å². The molecular weight excluding hydrogens is 564 g/mol. The first-order valence-electron chi connectivity index (χ1n) is 13.1. The van der Waals surface area contributed by atoms with Crippen molar-refractivity contribution in [3.8, 4) is 18.1 Å². The van der Waals surface area contributed by atoms with Crippen LogP contribution in [0.2, 0.25) is 0 Å². The number of hydrogen-bond donors (Lipinski definition) is 5. The van der Waals surface area contributed by atoms with E-state index in [4.69, 9.17) is 24.9 Å². The highest BCUT2D eigenvalue weighted by Crippen LogP contribution is 2.49. The Hall–Kier alpha value is -3.02. The van der Waals surface area contributed by atoms with E-state index < -0.39 is 62.4 Å². The Bertz CT molecular complexity index is 1230. The molecule has 224 valence electrons. The van der Waals surface area contributed by atoms with E-state index in [0.717, 1.165) is 36.4 Å². The van der Waals surface area contributed by atoms with E-state index in [0.29, 0.717) is 12.8 Å². The fourth-order valence-electron chi connectivity index (χ4n) is 4.67. The molecule has 2 aliphatic heterocycles. The summed E-state index contributed by atoms with van der Waals surface area (Å²) in [5.74, 6) is -2.81. The monoisotopic (exact) mass is 597 g/mol. The van der Waals surface area contributed by atoms with Crippen LogP contribution in [0.3, 0.4) is 0 Å². The second-order valence-electron chi connectivity index (χ2n) is 10.00. The molecule has 5 N–H and O–H groups in total. The van der Waals surface area contributed by atoms with Crippen LogP contribution in [0.25, 0.3) is 0 Å².